The summed E-state index contributed by atoms with van der Waals surface area (Å²) in [6, 6.07) is 5.93. The zero-order valence-electron chi connectivity index (χ0n) is 17.7. The van der Waals surface area contributed by atoms with Crippen LogP contribution in [-0.4, -0.2) is 48.4 Å². The van der Waals surface area contributed by atoms with Crippen LogP contribution in [0.3, 0.4) is 0 Å². The van der Waals surface area contributed by atoms with Crippen LogP contribution in [-0.2, 0) is 10.2 Å². The third kappa shape index (κ3) is 4.19. The monoisotopic (exact) mass is 441 g/mol. The molecule has 32 heavy (non-hydrogen) atoms. The lowest BCUT2D eigenvalue weighted by Crippen LogP contribution is -2.39. The van der Waals surface area contributed by atoms with E-state index < -0.39 is 17.0 Å². The van der Waals surface area contributed by atoms with Crippen LogP contribution in [0, 0.1) is 23.0 Å². The average molecular weight is 441 g/mol. The second-order valence-corrected chi connectivity index (χ2v) is 8.71. The highest BCUT2D eigenvalue weighted by Crippen LogP contribution is 2.47. The van der Waals surface area contributed by atoms with Crippen LogP contribution < -0.4 is 15.0 Å². The molecule has 168 valence electrons. The number of piperidine rings is 1. The van der Waals surface area contributed by atoms with Gasteiger partial charge < -0.3 is 19.7 Å². The zero-order valence-corrected chi connectivity index (χ0v) is 17.7. The molecule has 3 aliphatic rings. The molecule has 2 aromatic rings. The fraction of sp³-hybridized carbons (Fsp3) is 0.522. The van der Waals surface area contributed by atoms with Gasteiger partial charge in [0.05, 0.1) is 30.6 Å². The molecule has 0 unspecified atom stereocenters. The maximum atomic E-state index is 14.0. The van der Waals surface area contributed by atoms with E-state index in [0.29, 0.717) is 38.4 Å². The van der Waals surface area contributed by atoms with Gasteiger partial charge in [0.15, 0.2) is 23.2 Å². The Kier molecular flexibility index (Phi) is 5.55. The van der Waals surface area contributed by atoms with Crippen molar-refractivity contribution in [1.82, 2.24) is 9.97 Å². The van der Waals surface area contributed by atoms with E-state index in [2.05, 4.69) is 21.3 Å². The first-order valence-electron chi connectivity index (χ1n) is 11.1. The Morgan fingerprint density at radius 1 is 1.22 bits per heavy atom. The van der Waals surface area contributed by atoms with E-state index in [9.17, 15) is 14.0 Å². The molecule has 1 N–H and O–H groups in total. The van der Waals surface area contributed by atoms with Crippen LogP contribution in [0.5, 0.6) is 5.75 Å². The van der Waals surface area contributed by atoms with E-state index in [1.165, 1.54) is 12.1 Å². The maximum absolute atomic E-state index is 14.0. The summed E-state index contributed by atoms with van der Waals surface area (Å²) in [5.74, 6) is 0.188. The van der Waals surface area contributed by atoms with E-state index >= 15 is 0 Å². The molecule has 0 bridgehead atoms. The smallest absolute Gasteiger partial charge is 0.172 e. The maximum Gasteiger partial charge on any atom is 0.172 e. The molecule has 1 atom stereocenters. The first-order chi connectivity index (χ1) is 15.6. The molecule has 3 fully saturated rings. The number of halogens is 2. The molecule has 7 nitrogen and oxygen atoms in total. The zero-order chi connectivity index (χ0) is 22.1. The summed E-state index contributed by atoms with van der Waals surface area (Å²) in [4.78, 5) is 11.7. The number of anilines is 2. The van der Waals surface area contributed by atoms with Gasteiger partial charge in [-0.3, -0.25) is 0 Å². The number of benzene rings is 1. The second-order valence-electron chi connectivity index (χ2n) is 8.71. The van der Waals surface area contributed by atoms with Crippen LogP contribution >= 0.6 is 0 Å². The van der Waals surface area contributed by atoms with Crippen molar-refractivity contribution in [2.45, 2.75) is 49.7 Å². The summed E-state index contributed by atoms with van der Waals surface area (Å²) in [5.41, 5.74) is 0.202. The van der Waals surface area contributed by atoms with Crippen LogP contribution in [0.4, 0.5) is 20.4 Å². The van der Waals surface area contributed by atoms with Gasteiger partial charge in [-0.1, -0.05) is 0 Å². The average Bonchev–Trinajstić information content (AvgIpc) is 3.44. The number of ether oxygens (including phenoxy) is 2. The molecule has 0 amide bonds. The molecule has 0 spiro atoms. The predicted octanol–water partition coefficient (Wildman–Crippen LogP) is 3.56. The van der Waals surface area contributed by atoms with Gasteiger partial charge in [-0.25, -0.2) is 18.7 Å². The summed E-state index contributed by atoms with van der Waals surface area (Å²) in [5, 5.41) is 13.0. The fourth-order valence-corrected chi connectivity index (χ4v) is 4.26. The van der Waals surface area contributed by atoms with Gasteiger partial charge in [0.25, 0.3) is 0 Å². The quantitative estimate of drug-likeness (QED) is 0.734. The van der Waals surface area contributed by atoms with Crippen LogP contribution in [0.1, 0.15) is 37.8 Å². The third-order valence-corrected chi connectivity index (χ3v) is 6.41. The number of aromatic nitrogens is 2. The van der Waals surface area contributed by atoms with E-state index in [1.807, 2.05) is 0 Å². The SMILES string of the molecule is N#CC1(c2cnc(N[C@@H]3CCOC3)c(N3CCC(Oc4ccc(F)cc4F)CC3)n2)CC1. The Hall–Kier alpha value is -2.99. The van der Waals surface area contributed by atoms with Gasteiger partial charge in [0.2, 0.25) is 0 Å². The summed E-state index contributed by atoms with van der Waals surface area (Å²) >= 11 is 0. The van der Waals surface area contributed by atoms with Crippen molar-refractivity contribution in [3.63, 3.8) is 0 Å². The Balaban J connectivity index is 1.32. The highest BCUT2D eigenvalue weighted by molar-refractivity contribution is 5.62. The van der Waals surface area contributed by atoms with Gasteiger partial charge in [-0.05, 0) is 31.4 Å². The normalized spacial score (nSPS) is 22.4. The number of hydrogen-bond acceptors (Lipinski definition) is 7. The van der Waals surface area contributed by atoms with Gasteiger partial charge in [0, 0.05) is 38.6 Å². The number of nitrogens with one attached hydrogen (secondary N) is 1. The molecule has 5 rings (SSSR count). The first kappa shape index (κ1) is 20.9. The van der Waals surface area contributed by atoms with Crippen molar-refractivity contribution in [3.05, 3.63) is 41.7 Å². The molecule has 3 heterocycles. The Morgan fingerprint density at radius 3 is 2.69 bits per heavy atom. The van der Waals surface area contributed by atoms with Crippen molar-refractivity contribution in [2.24, 2.45) is 0 Å². The minimum absolute atomic E-state index is 0.0694. The molecule has 1 aliphatic carbocycles. The van der Waals surface area contributed by atoms with Crippen molar-refractivity contribution in [3.8, 4) is 11.8 Å². The number of hydrogen-bond donors (Lipinski definition) is 1. The molecule has 0 radical (unpaired) electrons. The number of nitrogens with zero attached hydrogens (tertiary/aromatic N) is 4. The van der Waals surface area contributed by atoms with Gasteiger partial charge >= 0.3 is 0 Å². The predicted molar refractivity (Wildman–Crippen MR) is 114 cm³/mol. The van der Waals surface area contributed by atoms with E-state index in [4.69, 9.17) is 14.5 Å². The van der Waals surface area contributed by atoms with Crippen molar-refractivity contribution >= 4 is 11.6 Å². The van der Waals surface area contributed by atoms with Crippen LogP contribution in [0.25, 0.3) is 0 Å². The van der Waals surface area contributed by atoms with Crippen LogP contribution in [0.15, 0.2) is 24.4 Å². The molecular formula is C23H25F2N5O2. The van der Waals surface area contributed by atoms with Crippen molar-refractivity contribution in [1.29, 1.82) is 5.26 Å². The second kappa shape index (κ2) is 8.51. The lowest BCUT2D eigenvalue weighted by atomic mass is 10.1. The molecule has 1 aromatic heterocycles. The highest BCUT2D eigenvalue weighted by atomic mass is 19.1. The van der Waals surface area contributed by atoms with Gasteiger partial charge in [0.1, 0.15) is 17.3 Å². The minimum Gasteiger partial charge on any atom is -0.487 e. The Morgan fingerprint density at radius 2 is 2.03 bits per heavy atom. The number of nitriles is 1. The highest BCUT2D eigenvalue weighted by Gasteiger charge is 2.47. The standard InChI is InChI=1S/C23H25F2N5O2/c24-15-1-2-19(18(25)11-15)32-17-3-8-30(9-4-17)22-21(28-16-5-10-31-13-16)27-12-20(29-22)23(14-26)6-7-23/h1-2,11-12,16-17H,3-10,13H2,(H,27,28)/t16-/m1/s1. The Labute approximate surface area is 185 Å². The Bertz CT molecular complexity index is 1030. The molecule has 2 aliphatic heterocycles. The third-order valence-electron chi connectivity index (χ3n) is 6.41. The molecule has 2 saturated heterocycles. The van der Waals surface area contributed by atoms with Crippen molar-refractivity contribution < 1.29 is 18.3 Å². The van der Waals surface area contributed by atoms with E-state index in [1.54, 1.807) is 6.20 Å². The summed E-state index contributed by atoms with van der Waals surface area (Å²) in [6.45, 7) is 2.66. The summed E-state index contributed by atoms with van der Waals surface area (Å²) < 4.78 is 38.4. The van der Waals surface area contributed by atoms with Gasteiger partial charge in [-0.15, -0.1) is 0 Å². The molecule has 1 aromatic carbocycles. The van der Waals surface area contributed by atoms with Gasteiger partial charge in [-0.2, -0.15) is 5.26 Å². The lowest BCUT2D eigenvalue weighted by Gasteiger charge is -2.34. The summed E-state index contributed by atoms with van der Waals surface area (Å²) in [7, 11) is 0. The lowest BCUT2D eigenvalue weighted by molar-refractivity contribution is 0.163. The minimum atomic E-state index is -0.692. The fourth-order valence-electron chi connectivity index (χ4n) is 4.26. The van der Waals surface area contributed by atoms with E-state index in [0.717, 1.165) is 43.4 Å². The first-order valence-corrected chi connectivity index (χ1v) is 11.1. The largest absolute Gasteiger partial charge is 0.487 e. The summed E-state index contributed by atoms with van der Waals surface area (Å²) in [6.07, 6.45) is 5.39. The van der Waals surface area contributed by atoms with E-state index in [-0.39, 0.29) is 17.9 Å². The topological polar surface area (TPSA) is 83.3 Å². The van der Waals surface area contributed by atoms with Crippen molar-refractivity contribution in [2.75, 3.05) is 36.5 Å². The van der Waals surface area contributed by atoms with Crippen LogP contribution in [0.2, 0.25) is 0 Å². The molecule has 1 saturated carbocycles. The molecule has 9 heteroatoms. The molecular weight excluding hydrogens is 416 g/mol. The number of rotatable bonds is 6.